The van der Waals surface area contributed by atoms with Crippen LogP contribution in [0.4, 0.5) is 10.1 Å². The first-order valence-corrected chi connectivity index (χ1v) is 9.12. The Bertz CT molecular complexity index is 1060. The van der Waals surface area contributed by atoms with Gasteiger partial charge in [0.25, 0.3) is 5.91 Å². The lowest BCUT2D eigenvalue weighted by Gasteiger charge is -2.15. The lowest BCUT2D eigenvalue weighted by molar-refractivity contribution is -0.142. The highest BCUT2D eigenvalue weighted by Crippen LogP contribution is 2.34. The molecule has 0 aliphatic carbocycles. The average molecular weight is 424 g/mol. The number of carbonyl (C=O) groups is 2. The standard InChI is InChI=1S/C23H21FN2O5/c1-4-7-16-10-15(12-20(29-2)22(16)31-14-21(27)30-3)11-17(13-25)23(28)26-19-9-6-5-8-18(19)24/h4-6,8-12H,1,7,14H2,2-3H3,(H,26,28)/b17-11-. The molecule has 0 fully saturated rings. The third kappa shape index (κ3) is 6.18. The molecule has 0 aromatic heterocycles. The van der Waals surface area contributed by atoms with E-state index in [2.05, 4.69) is 16.6 Å². The topological polar surface area (TPSA) is 97.7 Å². The molecule has 0 unspecified atom stereocenters. The molecular weight excluding hydrogens is 403 g/mol. The minimum absolute atomic E-state index is 0.0369. The number of rotatable bonds is 9. The van der Waals surface area contributed by atoms with Crippen LogP contribution in [0.2, 0.25) is 0 Å². The van der Waals surface area contributed by atoms with Gasteiger partial charge in [0.15, 0.2) is 18.1 Å². The first-order valence-electron chi connectivity index (χ1n) is 9.12. The second-order valence-corrected chi connectivity index (χ2v) is 6.17. The van der Waals surface area contributed by atoms with Gasteiger partial charge >= 0.3 is 5.97 Å². The van der Waals surface area contributed by atoms with E-state index in [0.29, 0.717) is 29.0 Å². The second kappa shape index (κ2) is 11.2. The van der Waals surface area contributed by atoms with Gasteiger partial charge in [-0.05, 0) is 42.3 Å². The number of anilines is 1. The fraction of sp³-hybridized carbons (Fsp3) is 0.174. The van der Waals surface area contributed by atoms with Crippen molar-refractivity contribution in [2.45, 2.75) is 6.42 Å². The highest BCUT2D eigenvalue weighted by molar-refractivity contribution is 6.09. The van der Waals surface area contributed by atoms with Gasteiger partial charge in [0.1, 0.15) is 17.5 Å². The van der Waals surface area contributed by atoms with Crippen LogP contribution in [0, 0.1) is 17.1 Å². The highest BCUT2D eigenvalue weighted by atomic mass is 19.1. The van der Waals surface area contributed by atoms with Gasteiger partial charge in [-0.15, -0.1) is 6.58 Å². The number of hydrogen-bond acceptors (Lipinski definition) is 6. The lowest BCUT2D eigenvalue weighted by Crippen LogP contribution is -2.15. The van der Waals surface area contributed by atoms with Crippen LogP contribution in [0.3, 0.4) is 0 Å². The van der Waals surface area contributed by atoms with Crippen molar-refractivity contribution < 1.29 is 28.2 Å². The van der Waals surface area contributed by atoms with Gasteiger partial charge in [-0.3, -0.25) is 4.79 Å². The molecule has 2 aromatic rings. The van der Waals surface area contributed by atoms with Gasteiger partial charge in [-0.1, -0.05) is 18.2 Å². The molecule has 0 aliphatic heterocycles. The molecule has 1 N–H and O–H groups in total. The van der Waals surface area contributed by atoms with Gasteiger partial charge < -0.3 is 19.5 Å². The van der Waals surface area contributed by atoms with Crippen molar-refractivity contribution in [3.63, 3.8) is 0 Å². The highest BCUT2D eigenvalue weighted by Gasteiger charge is 2.16. The Labute approximate surface area is 179 Å². The molecule has 160 valence electrons. The fourth-order valence-corrected chi connectivity index (χ4v) is 2.65. The third-order valence-electron chi connectivity index (χ3n) is 4.10. The SMILES string of the molecule is C=CCc1cc(/C=C(/C#N)C(=O)Nc2ccccc2F)cc(OC)c1OCC(=O)OC. The summed E-state index contributed by atoms with van der Waals surface area (Å²) in [6.45, 7) is 3.38. The Morgan fingerprint density at radius 2 is 2.00 bits per heavy atom. The van der Waals surface area contributed by atoms with Crippen LogP contribution in [0.25, 0.3) is 6.08 Å². The van der Waals surface area contributed by atoms with Crippen LogP contribution >= 0.6 is 0 Å². The maximum absolute atomic E-state index is 13.8. The number of halogens is 1. The molecule has 1 amide bonds. The van der Waals surface area contributed by atoms with E-state index in [1.54, 1.807) is 24.3 Å². The zero-order valence-corrected chi connectivity index (χ0v) is 17.1. The summed E-state index contributed by atoms with van der Waals surface area (Å²) < 4.78 is 29.3. The van der Waals surface area contributed by atoms with Crippen molar-refractivity contribution in [1.29, 1.82) is 5.26 Å². The zero-order chi connectivity index (χ0) is 22.8. The molecule has 0 bridgehead atoms. The maximum atomic E-state index is 13.8. The molecule has 0 radical (unpaired) electrons. The molecule has 0 atom stereocenters. The number of nitrogens with zero attached hydrogens (tertiary/aromatic N) is 1. The quantitative estimate of drug-likeness (QED) is 0.286. The van der Waals surface area contributed by atoms with Crippen molar-refractivity contribution in [1.82, 2.24) is 0 Å². The predicted octanol–water partition coefficient (Wildman–Crippen LogP) is 3.66. The van der Waals surface area contributed by atoms with Crippen molar-refractivity contribution in [2.75, 3.05) is 26.1 Å². The Balaban J connectivity index is 2.39. The smallest absolute Gasteiger partial charge is 0.343 e. The molecule has 7 nitrogen and oxygen atoms in total. The summed E-state index contributed by atoms with van der Waals surface area (Å²) in [5.41, 5.74) is 0.818. The minimum Gasteiger partial charge on any atom is -0.493 e. The van der Waals surface area contributed by atoms with Gasteiger partial charge in [0.2, 0.25) is 0 Å². The number of nitrogens with one attached hydrogen (secondary N) is 1. The number of benzene rings is 2. The van der Waals surface area contributed by atoms with Crippen molar-refractivity contribution in [3.05, 3.63) is 71.6 Å². The minimum atomic E-state index is -0.761. The van der Waals surface area contributed by atoms with Crippen LogP contribution in [-0.4, -0.2) is 32.7 Å². The Hall–Kier alpha value is -4.12. The number of amides is 1. The van der Waals surface area contributed by atoms with E-state index in [1.165, 1.54) is 38.5 Å². The summed E-state index contributed by atoms with van der Waals surface area (Å²) >= 11 is 0. The fourth-order valence-electron chi connectivity index (χ4n) is 2.65. The summed E-state index contributed by atoms with van der Waals surface area (Å²) in [4.78, 5) is 23.9. The number of carbonyl (C=O) groups excluding carboxylic acids is 2. The van der Waals surface area contributed by atoms with E-state index < -0.39 is 17.7 Å². The molecule has 31 heavy (non-hydrogen) atoms. The summed E-state index contributed by atoms with van der Waals surface area (Å²) in [7, 11) is 2.67. The second-order valence-electron chi connectivity index (χ2n) is 6.17. The summed E-state index contributed by atoms with van der Waals surface area (Å²) in [5, 5.41) is 11.8. The molecule has 0 saturated carbocycles. The largest absolute Gasteiger partial charge is 0.493 e. The van der Waals surface area contributed by atoms with Crippen molar-refractivity contribution >= 4 is 23.6 Å². The molecular formula is C23H21FN2O5. The van der Waals surface area contributed by atoms with Crippen LogP contribution in [0.5, 0.6) is 11.5 Å². The molecule has 0 saturated heterocycles. The van der Waals surface area contributed by atoms with E-state index in [4.69, 9.17) is 9.47 Å². The number of ether oxygens (including phenoxy) is 3. The Morgan fingerprint density at radius 3 is 2.61 bits per heavy atom. The van der Waals surface area contributed by atoms with Gasteiger partial charge in [-0.2, -0.15) is 5.26 Å². The monoisotopic (exact) mass is 424 g/mol. The first-order chi connectivity index (χ1) is 14.9. The summed E-state index contributed by atoms with van der Waals surface area (Å²) in [6.07, 6.45) is 3.34. The summed E-state index contributed by atoms with van der Waals surface area (Å²) in [5.74, 6) is -1.33. The number of esters is 1. The van der Waals surface area contributed by atoms with Gasteiger partial charge in [0, 0.05) is 5.56 Å². The number of nitriles is 1. The third-order valence-corrected chi connectivity index (χ3v) is 4.10. The van der Waals surface area contributed by atoms with Crippen molar-refractivity contribution in [3.8, 4) is 17.6 Å². The van der Waals surface area contributed by atoms with Crippen LogP contribution < -0.4 is 14.8 Å². The first kappa shape index (κ1) is 23.2. The van der Waals surface area contributed by atoms with Gasteiger partial charge in [-0.25, -0.2) is 9.18 Å². The van der Waals surface area contributed by atoms with E-state index in [1.807, 2.05) is 6.07 Å². The van der Waals surface area contributed by atoms with Crippen LogP contribution in [0.15, 0.2) is 54.6 Å². The molecule has 2 rings (SSSR count). The summed E-state index contributed by atoms with van der Waals surface area (Å²) in [6, 6.07) is 10.7. The Morgan fingerprint density at radius 1 is 1.26 bits per heavy atom. The van der Waals surface area contributed by atoms with Crippen LogP contribution in [0.1, 0.15) is 11.1 Å². The van der Waals surface area contributed by atoms with E-state index in [-0.39, 0.29) is 17.9 Å². The number of para-hydroxylation sites is 1. The molecule has 0 spiro atoms. The normalized spacial score (nSPS) is 10.6. The lowest BCUT2D eigenvalue weighted by atomic mass is 10.0. The Kier molecular flexibility index (Phi) is 8.34. The zero-order valence-electron chi connectivity index (χ0n) is 17.1. The number of allylic oxidation sites excluding steroid dienone is 1. The molecule has 0 aliphatic rings. The number of hydrogen-bond donors (Lipinski definition) is 1. The average Bonchev–Trinajstić information content (AvgIpc) is 2.77. The van der Waals surface area contributed by atoms with E-state index in [9.17, 15) is 19.2 Å². The van der Waals surface area contributed by atoms with Crippen molar-refractivity contribution in [2.24, 2.45) is 0 Å². The van der Waals surface area contributed by atoms with E-state index in [0.717, 1.165) is 0 Å². The molecule has 2 aromatic carbocycles. The molecule has 8 heteroatoms. The number of methoxy groups -OCH3 is 2. The molecule has 0 heterocycles. The van der Waals surface area contributed by atoms with E-state index >= 15 is 0 Å². The predicted molar refractivity (Wildman–Crippen MR) is 113 cm³/mol. The van der Waals surface area contributed by atoms with Gasteiger partial charge in [0.05, 0.1) is 19.9 Å². The maximum Gasteiger partial charge on any atom is 0.343 e. The van der Waals surface area contributed by atoms with Crippen LogP contribution in [-0.2, 0) is 20.7 Å².